The smallest absolute Gasteiger partial charge is 0.251 e. The van der Waals surface area contributed by atoms with Gasteiger partial charge in [0.25, 0.3) is 5.91 Å². The molecule has 4 fully saturated rings. The van der Waals surface area contributed by atoms with E-state index in [4.69, 9.17) is 0 Å². The predicted octanol–water partition coefficient (Wildman–Crippen LogP) is 5.01. The average molecular weight is 460 g/mol. The van der Waals surface area contributed by atoms with Crippen molar-refractivity contribution in [1.29, 1.82) is 0 Å². The van der Waals surface area contributed by atoms with Crippen molar-refractivity contribution < 1.29 is 9.59 Å². The van der Waals surface area contributed by atoms with Crippen molar-refractivity contribution in [2.75, 3.05) is 0 Å². The van der Waals surface area contributed by atoms with Gasteiger partial charge in [0, 0.05) is 24.5 Å². The first-order chi connectivity index (χ1) is 16.4. The van der Waals surface area contributed by atoms with Gasteiger partial charge in [0.1, 0.15) is 6.04 Å². The van der Waals surface area contributed by atoms with Crippen molar-refractivity contribution in [1.82, 2.24) is 15.6 Å². The molecule has 34 heavy (non-hydrogen) atoms. The Morgan fingerprint density at radius 1 is 1.00 bits per heavy atom. The van der Waals surface area contributed by atoms with E-state index in [9.17, 15) is 9.59 Å². The molecule has 2 amide bonds. The molecule has 0 unspecified atom stereocenters. The molecule has 2 N–H and O–H groups in total. The number of rotatable bonds is 8. The van der Waals surface area contributed by atoms with Crippen LogP contribution in [0.5, 0.6) is 0 Å². The Labute approximate surface area is 203 Å². The quantitative estimate of drug-likeness (QED) is 0.583. The molecule has 0 saturated heterocycles. The third kappa shape index (κ3) is 4.89. The summed E-state index contributed by atoms with van der Waals surface area (Å²) in [7, 11) is 0. The van der Waals surface area contributed by atoms with Gasteiger partial charge in [0.05, 0.1) is 0 Å². The predicted molar refractivity (Wildman–Crippen MR) is 133 cm³/mol. The normalized spacial score (nSPS) is 28.0. The molecule has 1 aromatic heterocycles. The molecule has 5 nitrogen and oxygen atoms in total. The number of pyridine rings is 1. The maximum absolute atomic E-state index is 13.1. The van der Waals surface area contributed by atoms with Crippen molar-refractivity contribution in [2.24, 2.45) is 23.7 Å². The Bertz CT molecular complexity index is 980. The summed E-state index contributed by atoms with van der Waals surface area (Å²) >= 11 is 0. The van der Waals surface area contributed by atoms with Crippen molar-refractivity contribution in [3.8, 4) is 0 Å². The summed E-state index contributed by atoms with van der Waals surface area (Å²) in [5.41, 5.74) is 3.31. The van der Waals surface area contributed by atoms with Crippen LogP contribution in [0, 0.1) is 23.7 Å². The lowest BCUT2D eigenvalue weighted by Crippen LogP contribution is -2.48. The van der Waals surface area contributed by atoms with Crippen molar-refractivity contribution in [2.45, 2.75) is 76.8 Å². The molecule has 1 aromatic carbocycles. The Kier molecular flexibility index (Phi) is 6.46. The fourth-order valence-electron chi connectivity index (χ4n) is 7.20. The second-order valence-electron chi connectivity index (χ2n) is 11.5. The molecule has 4 saturated carbocycles. The molecule has 5 heteroatoms. The molecule has 1 heterocycles. The molecule has 6 rings (SSSR count). The molecule has 4 bridgehead atoms. The first-order valence-corrected chi connectivity index (χ1v) is 13.0. The topological polar surface area (TPSA) is 71.1 Å². The van der Waals surface area contributed by atoms with Gasteiger partial charge < -0.3 is 10.6 Å². The first kappa shape index (κ1) is 23.1. The zero-order valence-corrected chi connectivity index (χ0v) is 20.4. The minimum Gasteiger partial charge on any atom is -0.350 e. The highest BCUT2D eigenvalue weighted by Crippen LogP contribution is 2.60. The zero-order chi connectivity index (χ0) is 23.7. The van der Waals surface area contributed by atoms with E-state index in [0.717, 1.165) is 23.3 Å². The highest BCUT2D eigenvalue weighted by Gasteiger charge is 2.51. The Balaban J connectivity index is 1.24. The summed E-state index contributed by atoms with van der Waals surface area (Å²) in [6.45, 7) is 4.53. The number of hydrogen-bond acceptors (Lipinski definition) is 3. The van der Waals surface area contributed by atoms with Crippen LogP contribution in [-0.4, -0.2) is 22.8 Å². The molecule has 180 valence electrons. The van der Waals surface area contributed by atoms with E-state index in [1.165, 1.54) is 44.1 Å². The molecule has 2 aromatic rings. The van der Waals surface area contributed by atoms with E-state index >= 15 is 0 Å². The van der Waals surface area contributed by atoms with Crippen LogP contribution in [0.25, 0.3) is 0 Å². The number of benzene rings is 1. The molecule has 0 aliphatic heterocycles. The average Bonchev–Trinajstić information content (AvgIpc) is 2.82. The number of carbonyl (C=O) groups excluding carboxylic acids is 2. The van der Waals surface area contributed by atoms with E-state index in [2.05, 4.69) is 41.6 Å². The van der Waals surface area contributed by atoms with Gasteiger partial charge in [-0.05, 0) is 103 Å². The Morgan fingerprint density at radius 2 is 1.65 bits per heavy atom. The highest BCUT2D eigenvalue weighted by molar-refractivity contribution is 5.97. The number of nitrogens with one attached hydrogen (secondary N) is 2. The summed E-state index contributed by atoms with van der Waals surface area (Å²) in [4.78, 5) is 30.0. The Hall–Kier alpha value is -2.69. The summed E-state index contributed by atoms with van der Waals surface area (Å²) in [5.74, 6) is 2.65. The van der Waals surface area contributed by atoms with Gasteiger partial charge in [-0.1, -0.05) is 32.0 Å². The van der Waals surface area contributed by atoms with Crippen LogP contribution in [0.4, 0.5) is 0 Å². The van der Waals surface area contributed by atoms with Crippen LogP contribution in [0.3, 0.4) is 0 Å². The fourth-order valence-corrected chi connectivity index (χ4v) is 7.20. The van der Waals surface area contributed by atoms with Gasteiger partial charge in [-0.2, -0.15) is 0 Å². The second-order valence-corrected chi connectivity index (χ2v) is 11.5. The van der Waals surface area contributed by atoms with Crippen LogP contribution in [-0.2, 0) is 16.8 Å². The van der Waals surface area contributed by atoms with Crippen molar-refractivity contribution in [3.63, 3.8) is 0 Å². The highest BCUT2D eigenvalue weighted by atomic mass is 16.2. The largest absolute Gasteiger partial charge is 0.350 e. The van der Waals surface area contributed by atoms with Crippen molar-refractivity contribution in [3.05, 3.63) is 65.5 Å². The summed E-state index contributed by atoms with van der Waals surface area (Å²) in [6.07, 6.45) is 12.3. The van der Waals surface area contributed by atoms with Gasteiger partial charge in [0.15, 0.2) is 0 Å². The van der Waals surface area contributed by atoms with Crippen LogP contribution >= 0.6 is 0 Å². The third-order valence-electron chi connectivity index (χ3n) is 8.32. The monoisotopic (exact) mass is 459 g/mol. The van der Waals surface area contributed by atoms with E-state index in [1.807, 2.05) is 24.3 Å². The lowest BCUT2D eigenvalue weighted by molar-refractivity contribution is -0.123. The minimum absolute atomic E-state index is 0.156. The number of hydrogen-bond donors (Lipinski definition) is 2. The zero-order valence-electron chi connectivity index (χ0n) is 20.4. The Morgan fingerprint density at radius 3 is 2.21 bits per heavy atom. The second kappa shape index (κ2) is 9.52. The van der Waals surface area contributed by atoms with E-state index in [-0.39, 0.29) is 17.7 Å². The van der Waals surface area contributed by atoms with Crippen LogP contribution in [0.15, 0.2) is 48.8 Å². The molecular weight excluding hydrogens is 422 g/mol. The molecule has 4 aliphatic carbocycles. The van der Waals surface area contributed by atoms with Gasteiger partial charge in [-0.3, -0.25) is 14.6 Å². The maximum Gasteiger partial charge on any atom is 0.251 e. The first-order valence-electron chi connectivity index (χ1n) is 13.0. The van der Waals surface area contributed by atoms with Crippen LogP contribution in [0.1, 0.15) is 80.3 Å². The third-order valence-corrected chi connectivity index (χ3v) is 8.32. The molecular formula is C29H37N3O2. The van der Waals surface area contributed by atoms with Gasteiger partial charge in [-0.25, -0.2) is 0 Å². The summed E-state index contributed by atoms with van der Waals surface area (Å²) in [5, 5.41) is 5.94. The van der Waals surface area contributed by atoms with E-state index in [1.54, 1.807) is 12.4 Å². The number of nitrogens with zero attached hydrogens (tertiary/aromatic N) is 1. The maximum atomic E-state index is 13.1. The fraction of sp³-hybridized carbons (Fsp3) is 0.552. The number of aromatic nitrogens is 1. The molecule has 0 radical (unpaired) electrons. The minimum atomic E-state index is -0.563. The van der Waals surface area contributed by atoms with Crippen molar-refractivity contribution >= 4 is 11.8 Å². The summed E-state index contributed by atoms with van der Waals surface area (Å²) < 4.78 is 0. The van der Waals surface area contributed by atoms with Crippen LogP contribution < -0.4 is 10.6 Å². The summed E-state index contributed by atoms with van der Waals surface area (Å²) in [6, 6.07) is 11.5. The van der Waals surface area contributed by atoms with Gasteiger partial charge in [0.2, 0.25) is 5.91 Å². The van der Waals surface area contributed by atoms with Gasteiger partial charge in [-0.15, -0.1) is 0 Å². The molecule has 4 aliphatic rings. The SMILES string of the molecule is CC(C)C[C@@H](NC(=O)c1ccc(C23CC4CC(CC(C4)C2)C3)cc1)C(=O)NCc1cccnc1. The van der Waals surface area contributed by atoms with Gasteiger partial charge >= 0.3 is 0 Å². The lowest BCUT2D eigenvalue weighted by Gasteiger charge is -2.57. The number of amides is 2. The van der Waals surface area contributed by atoms with E-state index in [0.29, 0.717) is 23.9 Å². The lowest BCUT2D eigenvalue weighted by atomic mass is 9.48. The number of carbonyl (C=O) groups is 2. The molecule has 1 atom stereocenters. The van der Waals surface area contributed by atoms with E-state index < -0.39 is 6.04 Å². The molecule has 0 spiro atoms. The van der Waals surface area contributed by atoms with Crippen LogP contribution in [0.2, 0.25) is 0 Å². The standard InChI is InChI=1S/C29H37N3O2/c1-19(2)10-26(28(34)31-18-20-4-3-9-30-17-20)32-27(33)24-5-7-25(8-6-24)29-14-21-11-22(15-29)13-23(12-21)16-29/h3-9,17,19,21-23,26H,10-16,18H2,1-2H3,(H,31,34)(H,32,33)/t21?,22?,23?,26-,29?/m1/s1.